The fraction of sp³-hybridized carbons (Fsp3) is 0.933. The van der Waals surface area contributed by atoms with Gasteiger partial charge in [0.05, 0.1) is 0 Å². The highest BCUT2D eigenvalue weighted by atomic mass is 79.9. The zero-order chi connectivity index (χ0) is 12.4. The van der Waals surface area contributed by atoms with Gasteiger partial charge in [0.2, 0.25) is 0 Å². The molecule has 0 heterocycles. The van der Waals surface area contributed by atoms with Gasteiger partial charge in [-0.1, -0.05) is 36.2 Å². The van der Waals surface area contributed by atoms with E-state index in [1.807, 2.05) is 6.92 Å². The van der Waals surface area contributed by atoms with E-state index in [2.05, 4.69) is 29.8 Å². The van der Waals surface area contributed by atoms with Crippen LogP contribution in [0.25, 0.3) is 0 Å². The summed E-state index contributed by atoms with van der Waals surface area (Å²) < 4.78 is 0. The van der Waals surface area contributed by atoms with E-state index in [9.17, 15) is 4.79 Å². The Bertz CT molecular complexity index is 362. The highest BCUT2D eigenvalue weighted by Crippen LogP contribution is 2.72. The number of rotatable bonds is 1. The molecule has 1 spiro atoms. The monoisotopic (exact) mass is 298 g/mol. The third-order valence-electron chi connectivity index (χ3n) is 6.28. The van der Waals surface area contributed by atoms with Crippen molar-refractivity contribution < 1.29 is 4.79 Å². The van der Waals surface area contributed by atoms with Crippen LogP contribution in [0, 0.1) is 28.6 Å². The Morgan fingerprint density at radius 3 is 2.65 bits per heavy atom. The molecule has 0 aromatic rings. The van der Waals surface area contributed by atoms with Crippen molar-refractivity contribution in [1.82, 2.24) is 0 Å². The number of fused-ring (bicyclic) bond motifs is 1. The molecular formula is C15H23BrO. The van der Waals surface area contributed by atoms with E-state index in [1.54, 1.807) is 0 Å². The van der Waals surface area contributed by atoms with Crippen LogP contribution in [0.3, 0.4) is 0 Å². The summed E-state index contributed by atoms with van der Waals surface area (Å²) >= 11 is 4.01. The van der Waals surface area contributed by atoms with Crippen molar-refractivity contribution in [3.8, 4) is 0 Å². The molecule has 3 fully saturated rings. The van der Waals surface area contributed by atoms with E-state index in [-0.39, 0.29) is 0 Å². The summed E-state index contributed by atoms with van der Waals surface area (Å²) in [4.78, 5) is 12.5. The summed E-state index contributed by atoms with van der Waals surface area (Å²) in [5.41, 5.74) is 0.873. The molecule has 0 aliphatic heterocycles. The van der Waals surface area contributed by atoms with Crippen molar-refractivity contribution in [2.75, 3.05) is 0 Å². The van der Waals surface area contributed by atoms with Crippen LogP contribution in [0.5, 0.6) is 0 Å². The summed E-state index contributed by atoms with van der Waals surface area (Å²) in [6.07, 6.45) is 6.42. The van der Waals surface area contributed by atoms with Gasteiger partial charge in [0, 0.05) is 10.7 Å². The summed E-state index contributed by atoms with van der Waals surface area (Å²) in [5.74, 6) is 2.32. The number of alkyl halides is 1. The van der Waals surface area contributed by atoms with E-state index in [0.29, 0.717) is 33.3 Å². The Labute approximate surface area is 113 Å². The number of halogens is 1. The molecule has 0 aromatic carbocycles. The first-order chi connectivity index (χ1) is 7.89. The van der Waals surface area contributed by atoms with Gasteiger partial charge in [-0.05, 0) is 55.3 Å². The molecule has 0 aromatic heterocycles. The van der Waals surface area contributed by atoms with E-state index >= 15 is 0 Å². The average molecular weight is 299 g/mol. The molecule has 3 saturated carbocycles. The average Bonchev–Trinajstić information content (AvgIpc) is 2.73. The third-order valence-corrected chi connectivity index (χ3v) is 8.37. The predicted octanol–water partition coefficient (Wildman–Crippen LogP) is 4.19. The molecule has 17 heavy (non-hydrogen) atoms. The Balaban J connectivity index is 1.98. The molecule has 3 aliphatic rings. The lowest BCUT2D eigenvalue weighted by atomic mass is 9.57. The second kappa shape index (κ2) is 3.59. The summed E-state index contributed by atoms with van der Waals surface area (Å²) in [6, 6.07) is 0. The lowest BCUT2D eigenvalue weighted by Crippen LogP contribution is -2.48. The second-order valence-electron chi connectivity index (χ2n) is 7.27. The highest BCUT2D eigenvalue weighted by Gasteiger charge is 2.67. The number of ketones is 1. The van der Waals surface area contributed by atoms with Crippen LogP contribution in [-0.2, 0) is 4.79 Å². The first kappa shape index (κ1) is 12.2. The second-order valence-corrected chi connectivity index (χ2v) is 8.19. The lowest BCUT2D eigenvalue weighted by molar-refractivity contribution is -0.126. The molecule has 2 heteroatoms. The van der Waals surface area contributed by atoms with Gasteiger partial charge >= 0.3 is 0 Å². The molecule has 0 N–H and O–H groups in total. The first-order valence-electron chi connectivity index (χ1n) is 7.04. The van der Waals surface area contributed by atoms with E-state index < -0.39 is 0 Å². The largest absolute Gasteiger partial charge is 0.300 e. The minimum absolute atomic E-state index is 0.366. The van der Waals surface area contributed by atoms with E-state index in [1.165, 1.54) is 25.7 Å². The summed E-state index contributed by atoms with van der Waals surface area (Å²) in [6.45, 7) is 6.64. The molecule has 0 unspecified atom stereocenters. The number of carbonyl (C=O) groups is 1. The lowest BCUT2D eigenvalue weighted by Gasteiger charge is -2.51. The minimum Gasteiger partial charge on any atom is -0.300 e. The molecule has 3 aliphatic carbocycles. The van der Waals surface area contributed by atoms with Crippen molar-refractivity contribution >= 4 is 21.7 Å². The fourth-order valence-electron chi connectivity index (χ4n) is 5.36. The van der Waals surface area contributed by atoms with Crippen molar-refractivity contribution in [3.63, 3.8) is 0 Å². The van der Waals surface area contributed by atoms with Gasteiger partial charge in [-0.15, -0.1) is 0 Å². The summed E-state index contributed by atoms with van der Waals surface area (Å²) in [5, 5.41) is 0. The van der Waals surface area contributed by atoms with E-state index in [4.69, 9.17) is 0 Å². The van der Waals surface area contributed by atoms with Crippen LogP contribution in [-0.4, -0.2) is 10.6 Å². The fourth-order valence-corrected chi connectivity index (χ4v) is 6.49. The molecular weight excluding hydrogens is 276 g/mol. The minimum atomic E-state index is 0.366. The van der Waals surface area contributed by atoms with Crippen LogP contribution in [0.2, 0.25) is 0 Å². The molecule has 96 valence electrons. The van der Waals surface area contributed by atoms with Gasteiger partial charge in [0.25, 0.3) is 0 Å². The third kappa shape index (κ3) is 1.39. The number of hydrogen-bond donors (Lipinski definition) is 0. The SMILES string of the molecule is CC(=O)[C@@H]1CCC[C@]23C[C@H](C[C@H]12)C(C)(C)[C@@H]3Br. The predicted molar refractivity (Wildman–Crippen MR) is 73.2 cm³/mol. The maximum Gasteiger partial charge on any atom is 0.133 e. The Morgan fingerprint density at radius 2 is 2.06 bits per heavy atom. The normalized spacial score (nSPS) is 51.3. The molecule has 0 saturated heterocycles. The first-order valence-corrected chi connectivity index (χ1v) is 7.95. The molecule has 3 rings (SSSR count). The van der Waals surface area contributed by atoms with Crippen LogP contribution in [0.1, 0.15) is 52.9 Å². The zero-order valence-electron chi connectivity index (χ0n) is 11.1. The maximum absolute atomic E-state index is 11.9. The van der Waals surface area contributed by atoms with Crippen LogP contribution < -0.4 is 0 Å². The highest BCUT2D eigenvalue weighted by molar-refractivity contribution is 9.09. The standard InChI is InChI=1S/C15H23BrO/c1-9(17)11-5-4-6-15-8-10(7-12(11)15)14(2,3)13(15)16/h10-13H,4-8H2,1-3H3/t10-,11-,12+,13-,15-/m0/s1. The number of Topliss-reactive ketones (excluding diaryl/α,β-unsaturated/α-hetero) is 1. The van der Waals surface area contributed by atoms with Gasteiger partial charge in [0.1, 0.15) is 5.78 Å². The quantitative estimate of drug-likeness (QED) is 0.663. The van der Waals surface area contributed by atoms with Crippen molar-refractivity contribution in [3.05, 3.63) is 0 Å². The van der Waals surface area contributed by atoms with Gasteiger partial charge < -0.3 is 0 Å². The molecule has 2 bridgehead atoms. The summed E-state index contributed by atoms with van der Waals surface area (Å²) in [7, 11) is 0. The van der Waals surface area contributed by atoms with Crippen molar-refractivity contribution in [2.24, 2.45) is 28.6 Å². The molecule has 1 nitrogen and oxygen atoms in total. The molecule has 0 radical (unpaired) electrons. The van der Waals surface area contributed by atoms with Gasteiger partial charge in [-0.2, -0.15) is 0 Å². The van der Waals surface area contributed by atoms with Crippen LogP contribution in [0.15, 0.2) is 0 Å². The maximum atomic E-state index is 11.9. The van der Waals surface area contributed by atoms with Gasteiger partial charge in [-0.3, -0.25) is 4.79 Å². The van der Waals surface area contributed by atoms with Crippen LogP contribution >= 0.6 is 15.9 Å². The smallest absolute Gasteiger partial charge is 0.133 e. The van der Waals surface area contributed by atoms with Crippen LogP contribution in [0.4, 0.5) is 0 Å². The van der Waals surface area contributed by atoms with E-state index in [0.717, 1.165) is 12.3 Å². The zero-order valence-corrected chi connectivity index (χ0v) is 12.7. The topological polar surface area (TPSA) is 17.1 Å². The molecule has 0 amide bonds. The Hall–Kier alpha value is 0.150. The Morgan fingerprint density at radius 1 is 1.35 bits per heavy atom. The number of carbonyl (C=O) groups excluding carboxylic acids is 1. The van der Waals surface area contributed by atoms with Gasteiger partial charge in [0.15, 0.2) is 0 Å². The van der Waals surface area contributed by atoms with Gasteiger partial charge in [-0.25, -0.2) is 0 Å². The van der Waals surface area contributed by atoms with Crippen molar-refractivity contribution in [2.45, 2.75) is 57.7 Å². The number of hydrogen-bond acceptors (Lipinski definition) is 1. The van der Waals surface area contributed by atoms with Crippen molar-refractivity contribution in [1.29, 1.82) is 0 Å². The Kier molecular flexibility index (Phi) is 2.57. The molecule has 5 atom stereocenters.